The van der Waals surface area contributed by atoms with Crippen molar-refractivity contribution in [2.45, 2.75) is 31.6 Å². The van der Waals surface area contributed by atoms with Crippen LogP contribution < -0.4 is 15.4 Å². The zero-order valence-electron chi connectivity index (χ0n) is 21.6. The Balaban J connectivity index is 1.58. The third kappa shape index (κ3) is 6.53. The molecule has 2 heterocycles. The number of halogens is 3. The standard InChI is InChI=1S/C28H31F3N4O3/c1-34-14-11-20(12-15-34)33-23-7-4-8-25-22(23)17-21(35(25)18-28(29,30)31)6-5-13-32-24-10-9-19(27(36)38-3)16-26(24)37-2/h4,7-10,16-17,20,32-33H,11-15,18H2,1-3H3. The number of likely N-dealkylation sites (tertiary alicyclic amines) is 1. The maximum absolute atomic E-state index is 13.5. The summed E-state index contributed by atoms with van der Waals surface area (Å²) < 4.78 is 51.8. The molecule has 0 atom stereocenters. The first-order valence-electron chi connectivity index (χ1n) is 12.3. The van der Waals surface area contributed by atoms with E-state index in [9.17, 15) is 18.0 Å². The van der Waals surface area contributed by atoms with Gasteiger partial charge >= 0.3 is 12.1 Å². The van der Waals surface area contributed by atoms with Crippen LogP contribution in [0.5, 0.6) is 5.75 Å². The van der Waals surface area contributed by atoms with E-state index in [1.807, 2.05) is 6.07 Å². The quantitative estimate of drug-likeness (QED) is 0.334. The lowest BCUT2D eigenvalue weighted by molar-refractivity contribution is -0.140. The molecule has 1 aliphatic heterocycles. The second kappa shape index (κ2) is 11.7. The minimum atomic E-state index is -4.40. The molecule has 10 heteroatoms. The van der Waals surface area contributed by atoms with Crippen molar-refractivity contribution >= 4 is 28.2 Å². The van der Waals surface area contributed by atoms with Crippen molar-refractivity contribution in [1.82, 2.24) is 9.47 Å². The molecule has 2 aromatic carbocycles. The molecule has 7 nitrogen and oxygen atoms in total. The number of anilines is 2. The maximum Gasteiger partial charge on any atom is 0.406 e. The molecule has 1 fully saturated rings. The van der Waals surface area contributed by atoms with Crippen molar-refractivity contribution in [3.63, 3.8) is 0 Å². The fourth-order valence-electron chi connectivity index (χ4n) is 4.59. The molecule has 1 aliphatic rings. The van der Waals surface area contributed by atoms with Gasteiger partial charge in [0.15, 0.2) is 0 Å². The van der Waals surface area contributed by atoms with Crippen molar-refractivity contribution in [3.8, 4) is 17.6 Å². The van der Waals surface area contributed by atoms with Crippen molar-refractivity contribution in [2.24, 2.45) is 0 Å². The third-order valence-electron chi connectivity index (χ3n) is 6.57. The van der Waals surface area contributed by atoms with Gasteiger partial charge in [0, 0.05) is 17.1 Å². The van der Waals surface area contributed by atoms with Crippen LogP contribution >= 0.6 is 0 Å². The average molecular weight is 529 g/mol. The van der Waals surface area contributed by atoms with Crippen molar-refractivity contribution < 1.29 is 27.4 Å². The van der Waals surface area contributed by atoms with Crippen LogP contribution in [0, 0.1) is 11.8 Å². The van der Waals surface area contributed by atoms with Crippen LogP contribution in [0.4, 0.5) is 24.5 Å². The third-order valence-corrected chi connectivity index (χ3v) is 6.57. The number of carbonyl (C=O) groups excluding carboxylic acids is 1. The molecule has 202 valence electrons. The normalized spacial score (nSPS) is 14.6. The number of fused-ring (bicyclic) bond motifs is 1. The summed E-state index contributed by atoms with van der Waals surface area (Å²) in [6, 6.07) is 12.1. The number of hydrogen-bond donors (Lipinski definition) is 2. The van der Waals surface area contributed by atoms with Crippen LogP contribution in [0.25, 0.3) is 10.9 Å². The summed E-state index contributed by atoms with van der Waals surface area (Å²) in [5.74, 6) is 5.76. The SMILES string of the molecule is COC(=O)c1ccc(NCC#Cc2cc3c(NC4CCN(C)CC4)cccc3n2CC(F)(F)F)c(OC)c1. The van der Waals surface area contributed by atoms with Crippen molar-refractivity contribution in [1.29, 1.82) is 0 Å². The average Bonchev–Trinajstić information content (AvgIpc) is 3.24. The zero-order valence-corrected chi connectivity index (χ0v) is 21.6. The van der Waals surface area contributed by atoms with Crippen LogP contribution in [0.3, 0.4) is 0 Å². The second-order valence-electron chi connectivity index (χ2n) is 9.25. The van der Waals surface area contributed by atoms with Crippen LogP contribution in [-0.2, 0) is 11.3 Å². The Bertz CT molecular complexity index is 1350. The highest BCUT2D eigenvalue weighted by Crippen LogP contribution is 2.31. The highest BCUT2D eigenvalue weighted by molar-refractivity contribution is 5.94. The molecule has 0 spiro atoms. The number of aromatic nitrogens is 1. The molecule has 1 saturated heterocycles. The minimum absolute atomic E-state index is 0.155. The molecule has 0 unspecified atom stereocenters. The zero-order chi connectivity index (χ0) is 27.3. The Morgan fingerprint density at radius 1 is 1.11 bits per heavy atom. The number of methoxy groups -OCH3 is 2. The molecule has 38 heavy (non-hydrogen) atoms. The molecule has 0 aliphatic carbocycles. The Morgan fingerprint density at radius 2 is 1.87 bits per heavy atom. The number of hydrogen-bond acceptors (Lipinski definition) is 6. The second-order valence-corrected chi connectivity index (χ2v) is 9.25. The van der Waals surface area contributed by atoms with Crippen LogP contribution in [0.2, 0.25) is 0 Å². The molecular formula is C28H31F3N4O3. The van der Waals surface area contributed by atoms with Crippen LogP contribution in [0.15, 0.2) is 42.5 Å². The number of ether oxygens (including phenoxy) is 2. The first-order chi connectivity index (χ1) is 18.2. The molecule has 2 N–H and O–H groups in total. The number of carbonyl (C=O) groups is 1. The van der Waals surface area contributed by atoms with E-state index < -0.39 is 18.7 Å². The van der Waals surface area contributed by atoms with Gasteiger partial charge in [-0.05, 0) is 75.3 Å². The predicted octanol–water partition coefficient (Wildman–Crippen LogP) is 4.97. The van der Waals surface area contributed by atoms with Gasteiger partial charge in [-0.3, -0.25) is 0 Å². The molecule has 1 aromatic heterocycles. The van der Waals surface area contributed by atoms with Gasteiger partial charge in [0.05, 0.1) is 43.2 Å². The Morgan fingerprint density at radius 3 is 2.55 bits per heavy atom. The first-order valence-corrected chi connectivity index (χ1v) is 12.3. The lowest BCUT2D eigenvalue weighted by atomic mass is 10.0. The monoisotopic (exact) mass is 528 g/mol. The van der Waals surface area contributed by atoms with E-state index in [4.69, 9.17) is 9.47 Å². The minimum Gasteiger partial charge on any atom is -0.495 e. The van der Waals surface area contributed by atoms with Gasteiger partial charge in [-0.25, -0.2) is 4.79 Å². The van der Waals surface area contributed by atoms with E-state index in [1.54, 1.807) is 36.4 Å². The molecule has 3 aromatic rings. The molecular weight excluding hydrogens is 497 g/mol. The predicted molar refractivity (Wildman–Crippen MR) is 142 cm³/mol. The largest absolute Gasteiger partial charge is 0.495 e. The van der Waals surface area contributed by atoms with E-state index in [0.29, 0.717) is 27.9 Å². The maximum atomic E-state index is 13.5. The van der Waals surface area contributed by atoms with E-state index in [-0.39, 0.29) is 18.3 Å². The fourth-order valence-corrected chi connectivity index (χ4v) is 4.59. The summed E-state index contributed by atoms with van der Waals surface area (Å²) >= 11 is 0. The van der Waals surface area contributed by atoms with E-state index in [2.05, 4.69) is 34.4 Å². The number of esters is 1. The Labute approximate surface area is 219 Å². The van der Waals surface area contributed by atoms with Crippen LogP contribution in [0.1, 0.15) is 28.9 Å². The fraction of sp³-hybridized carbons (Fsp3) is 0.393. The Hall–Kier alpha value is -3.84. The highest BCUT2D eigenvalue weighted by Gasteiger charge is 2.30. The summed E-state index contributed by atoms with van der Waals surface area (Å²) in [4.78, 5) is 14.0. The first kappa shape index (κ1) is 27.2. The van der Waals surface area contributed by atoms with Gasteiger partial charge < -0.3 is 29.6 Å². The van der Waals surface area contributed by atoms with Gasteiger partial charge in [0.2, 0.25) is 0 Å². The van der Waals surface area contributed by atoms with Gasteiger partial charge in [-0.2, -0.15) is 13.2 Å². The van der Waals surface area contributed by atoms with E-state index in [0.717, 1.165) is 31.6 Å². The number of nitrogens with zero attached hydrogens (tertiary/aromatic N) is 2. The Kier molecular flexibility index (Phi) is 8.37. The number of alkyl halides is 3. The summed E-state index contributed by atoms with van der Waals surface area (Å²) in [5, 5.41) is 7.34. The van der Waals surface area contributed by atoms with Crippen molar-refractivity contribution in [3.05, 3.63) is 53.7 Å². The summed E-state index contributed by atoms with van der Waals surface area (Å²) in [7, 11) is 4.85. The van der Waals surface area contributed by atoms with Crippen LogP contribution in [-0.4, -0.2) is 68.6 Å². The van der Waals surface area contributed by atoms with Gasteiger partial charge in [-0.15, -0.1) is 0 Å². The lowest BCUT2D eigenvalue weighted by Crippen LogP contribution is -2.36. The molecule has 0 saturated carbocycles. The molecule has 4 rings (SSSR count). The smallest absolute Gasteiger partial charge is 0.406 e. The number of rotatable bonds is 7. The lowest BCUT2D eigenvalue weighted by Gasteiger charge is -2.30. The molecule has 0 amide bonds. The van der Waals surface area contributed by atoms with Gasteiger partial charge in [0.25, 0.3) is 0 Å². The number of piperidine rings is 1. The summed E-state index contributed by atoms with van der Waals surface area (Å²) in [5.41, 5.74) is 2.51. The molecule has 0 bridgehead atoms. The molecule has 0 radical (unpaired) electrons. The topological polar surface area (TPSA) is 67.8 Å². The van der Waals surface area contributed by atoms with E-state index in [1.165, 1.54) is 18.8 Å². The highest BCUT2D eigenvalue weighted by atomic mass is 19.4. The number of nitrogens with one attached hydrogen (secondary N) is 2. The summed E-state index contributed by atoms with van der Waals surface area (Å²) in [6.45, 7) is 0.974. The van der Waals surface area contributed by atoms with Crippen molar-refractivity contribution in [2.75, 3.05) is 51.5 Å². The number of benzene rings is 2. The van der Waals surface area contributed by atoms with Gasteiger partial charge in [-0.1, -0.05) is 12.0 Å². The van der Waals surface area contributed by atoms with E-state index >= 15 is 0 Å². The summed E-state index contributed by atoms with van der Waals surface area (Å²) in [6.07, 6.45) is -2.45. The van der Waals surface area contributed by atoms with Gasteiger partial charge in [0.1, 0.15) is 12.3 Å².